The molecule has 0 atom stereocenters. The zero-order valence-corrected chi connectivity index (χ0v) is 19.5. The van der Waals surface area contributed by atoms with Gasteiger partial charge in [-0.2, -0.15) is 9.40 Å². The first-order valence-corrected chi connectivity index (χ1v) is 12.4. The van der Waals surface area contributed by atoms with E-state index in [1.54, 1.807) is 28.9 Å². The molecule has 0 N–H and O–H groups in total. The summed E-state index contributed by atoms with van der Waals surface area (Å²) >= 11 is 0. The average molecular weight is 477 g/mol. The minimum atomic E-state index is -3.60. The van der Waals surface area contributed by atoms with Gasteiger partial charge in [-0.25, -0.2) is 23.1 Å². The largest absolute Gasteiger partial charge is 0.457 e. The molecule has 1 aliphatic rings. The van der Waals surface area contributed by atoms with E-state index in [1.165, 1.54) is 10.6 Å². The van der Waals surface area contributed by atoms with Gasteiger partial charge in [0.2, 0.25) is 10.0 Å². The highest BCUT2D eigenvalue weighted by atomic mass is 32.2. The number of anilines is 1. The molecular weight excluding hydrogens is 452 g/mol. The van der Waals surface area contributed by atoms with E-state index in [2.05, 4.69) is 20.0 Å². The van der Waals surface area contributed by atoms with Crippen molar-refractivity contribution in [1.82, 2.24) is 24.1 Å². The van der Waals surface area contributed by atoms with Gasteiger partial charge in [-0.3, -0.25) is 0 Å². The first-order valence-electron chi connectivity index (χ1n) is 10.9. The van der Waals surface area contributed by atoms with Crippen LogP contribution in [-0.4, -0.2) is 58.7 Å². The van der Waals surface area contributed by atoms with Crippen LogP contribution in [-0.2, 0) is 10.0 Å². The Morgan fingerprint density at radius 3 is 2.18 bits per heavy atom. The van der Waals surface area contributed by atoms with Crippen molar-refractivity contribution in [2.45, 2.75) is 11.8 Å². The highest BCUT2D eigenvalue weighted by molar-refractivity contribution is 7.89. The maximum absolute atomic E-state index is 13.2. The summed E-state index contributed by atoms with van der Waals surface area (Å²) in [5.74, 6) is 2.70. The van der Waals surface area contributed by atoms with Crippen molar-refractivity contribution in [2.24, 2.45) is 0 Å². The minimum Gasteiger partial charge on any atom is -0.457 e. The van der Waals surface area contributed by atoms with Crippen LogP contribution in [0.3, 0.4) is 0 Å². The lowest BCUT2D eigenvalue weighted by atomic mass is 10.3. The van der Waals surface area contributed by atoms with E-state index in [-0.39, 0.29) is 4.90 Å². The zero-order chi connectivity index (χ0) is 23.5. The lowest BCUT2D eigenvalue weighted by molar-refractivity contribution is 0.383. The minimum absolute atomic E-state index is 0.250. The number of nitrogens with zero attached hydrogens (tertiary/aromatic N) is 6. The predicted octanol–water partition coefficient (Wildman–Crippen LogP) is 3.27. The van der Waals surface area contributed by atoms with Gasteiger partial charge in [-0.1, -0.05) is 18.2 Å². The number of sulfonamides is 1. The molecule has 0 bridgehead atoms. The van der Waals surface area contributed by atoms with Crippen LogP contribution in [0.1, 0.15) is 5.69 Å². The second kappa shape index (κ2) is 9.24. The third-order valence-corrected chi connectivity index (χ3v) is 7.51. The van der Waals surface area contributed by atoms with E-state index in [1.807, 2.05) is 55.6 Å². The molecule has 1 saturated heterocycles. The fraction of sp³-hybridized carbons (Fsp3) is 0.208. The third kappa shape index (κ3) is 4.63. The Kier molecular flexibility index (Phi) is 5.99. The fourth-order valence-corrected chi connectivity index (χ4v) is 5.21. The van der Waals surface area contributed by atoms with Gasteiger partial charge in [0, 0.05) is 38.4 Å². The van der Waals surface area contributed by atoms with Crippen molar-refractivity contribution in [3.63, 3.8) is 0 Å². The van der Waals surface area contributed by atoms with Crippen LogP contribution in [0.5, 0.6) is 11.5 Å². The van der Waals surface area contributed by atoms with E-state index < -0.39 is 10.0 Å². The summed E-state index contributed by atoms with van der Waals surface area (Å²) in [4.78, 5) is 11.0. The first kappa shape index (κ1) is 22.1. The zero-order valence-electron chi connectivity index (χ0n) is 18.7. The Morgan fingerprint density at radius 1 is 0.824 bits per heavy atom. The Hall–Kier alpha value is -3.76. The van der Waals surface area contributed by atoms with Crippen LogP contribution in [0.2, 0.25) is 0 Å². The van der Waals surface area contributed by atoms with Crippen LogP contribution in [0.4, 0.5) is 5.82 Å². The van der Waals surface area contributed by atoms with Crippen LogP contribution >= 0.6 is 0 Å². The maximum atomic E-state index is 13.2. The van der Waals surface area contributed by atoms with E-state index in [0.717, 1.165) is 11.5 Å². The number of benzene rings is 2. The molecule has 2 aromatic carbocycles. The summed E-state index contributed by atoms with van der Waals surface area (Å²) < 4.78 is 35.3. The number of aryl methyl sites for hydroxylation is 1. The fourth-order valence-electron chi connectivity index (χ4n) is 3.79. The first-order chi connectivity index (χ1) is 16.5. The third-order valence-electron chi connectivity index (χ3n) is 5.60. The number of aromatic nitrogens is 4. The summed E-state index contributed by atoms with van der Waals surface area (Å²) in [5, 5.41) is 4.39. The van der Waals surface area contributed by atoms with Gasteiger partial charge >= 0.3 is 0 Å². The van der Waals surface area contributed by atoms with Crippen LogP contribution < -0.4 is 9.64 Å². The SMILES string of the molecule is Cc1ccn(-c2cc(N3CCN(S(=O)(=O)c4ccc(Oc5ccccc5)cc4)CC3)ncn2)n1. The van der Waals surface area contributed by atoms with Gasteiger partial charge in [0.1, 0.15) is 23.6 Å². The monoisotopic (exact) mass is 476 g/mol. The van der Waals surface area contributed by atoms with Crippen molar-refractivity contribution >= 4 is 15.8 Å². The molecule has 4 aromatic rings. The maximum Gasteiger partial charge on any atom is 0.243 e. The number of ether oxygens (including phenoxy) is 1. The Morgan fingerprint density at radius 2 is 1.50 bits per heavy atom. The van der Waals surface area contributed by atoms with Gasteiger partial charge in [0.05, 0.1) is 10.6 Å². The molecule has 34 heavy (non-hydrogen) atoms. The van der Waals surface area contributed by atoms with Gasteiger partial charge < -0.3 is 9.64 Å². The molecule has 5 rings (SSSR count). The molecule has 0 spiro atoms. The molecule has 9 nitrogen and oxygen atoms in total. The smallest absolute Gasteiger partial charge is 0.243 e. The van der Waals surface area contributed by atoms with Gasteiger partial charge in [0.25, 0.3) is 0 Å². The summed E-state index contributed by atoms with van der Waals surface area (Å²) in [7, 11) is -3.60. The van der Waals surface area contributed by atoms with Crippen LogP contribution in [0.15, 0.2) is 84.1 Å². The van der Waals surface area contributed by atoms with Gasteiger partial charge in [-0.15, -0.1) is 0 Å². The summed E-state index contributed by atoms with van der Waals surface area (Å²) in [6.07, 6.45) is 3.35. The molecule has 1 aliphatic heterocycles. The van der Waals surface area contributed by atoms with Gasteiger partial charge in [-0.05, 0) is 49.4 Å². The Labute approximate surface area is 198 Å². The van der Waals surface area contributed by atoms with Crippen molar-refractivity contribution in [2.75, 3.05) is 31.1 Å². The predicted molar refractivity (Wildman–Crippen MR) is 128 cm³/mol. The Balaban J connectivity index is 1.24. The molecule has 10 heteroatoms. The van der Waals surface area contributed by atoms with E-state index in [4.69, 9.17) is 4.74 Å². The van der Waals surface area contributed by atoms with Gasteiger partial charge in [0.15, 0.2) is 5.82 Å². The molecule has 0 saturated carbocycles. The molecule has 1 fully saturated rings. The van der Waals surface area contributed by atoms with Crippen LogP contribution in [0.25, 0.3) is 5.82 Å². The summed E-state index contributed by atoms with van der Waals surface area (Å²) in [5.41, 5.74) is 0.902. The Bertz CT molecular complexity index is 1370. The van der Waals surface area contributed by atoms with E-state index >= 15 is 0 Å². The number of piperazine rings is 1. The molecule has 0 unspecified atom stereocenters. The second-order valence-corrected chi connectivity index (χ2v) is 9.85. The van der Waals surface area contributed by atoms with Crippen molar-refractivity contribution < 1.29 is 13.2 Å². The summed E-state index contributed by atoms with van der Waals surface area (Å²) in [6.45, 7) is 3.71. The highest BCUT2D eigenvalue weighted by Gasteiger charge is 2.29. The van der Waals surface area contributed by atoms with Crippen molar-refractivity contribution in [3.8, 4) is 17.3 Å². The lowest BCUT2D eigenvalue weighted by Gasteiger charge is -2.34. The highest BCUT2D eigenvalue weighted by Crippen LogP contribution is 2.25. The molecule has 174 valence electrons. The quantitative estimate of drug-likeness (QED) is 0.422. The van der Waals surface area contributed by atoms with E-state index in [0.29, 0.717) is 43.5 Å². The second-order valence-electron chi connectivity index (χ2n) is 7.91. The standard InChI is InChI=1S/C24H24N6O3S/c1-19-11-12-30(27-19)24-17-23(25-18-26-24)28-13-15-29(16-14-28)34(31,32)22-9-7-21(8-10-22)33-20-5-3-2-4-6-20/h2-12,17-18H,13-16H2,1H3. The van der Waals surface area contributed by atoms with Crippen molar-refractivity contribution in [3.05, 3.63) is 84.9 Å². The molecular formula is C24H24N6O3S. The normalized spacial score (nSPS) is 14.8. The number of rotatable bonds is 6. The summed E-state index contributed by atoms with van der Waals surface area (Å²) in [6, 6.07) is 19.7. The lowest BCUT2D eigenvalue weighted by Crippen LogP contribution is -2.48. The average Bonchev–Trinajstić information content (AvgIpc) is 3.31. The molecule has 0 aliphatic carbocycles. The van der Waals surface area contributed by atoms with E-state index in [9.17, 15) is 8.42 Å². The number of hydrogen-bond donors (Lipinski definition) is 0. The molecule has 0 amide bonds. The molecule has 3 heterocycles. The van der Waals surface area contributed by atoms with Crippen LogP contribution in [0, 0.1) is 6.92 Å². The van der Waals surface area contributed by atoms with Crippen molar-refractivity contribution in [1.29, 1.82) is 0 Å². The molecule has 0 radical (unpaired) electrons. The number of hydrogen-bond acceptors (Lipinski definition) is 7. The molecule has 2 aromatic heterocycles. The topological polar surface area (TPSA) is 93.5 Å². The number of para-hydroxylation sites is 1.